The highest BCUT2D eigenvalue weighted by molar-refractivity contribution is 5.96. The summed E-state index contributed by atoms with van der Waals surface area (Å²) in [6, 6.07) is 6.52. The molecule has 2 N–H and O–H groups in total. The number of methoxy groups -OCH3 is 1. The molecule has 0 saturated heterocycles. The number of benzene rings is 1. The fraction of sp³-hybridized carbons (Fsp3) is 0.500. The van der Waals surface area contributed by atoms with E-state index in [9.17, 15) is 9.59 Å². The molecule has 1 saturated carbocycles. The number of hydrogen-bond donors (Lipinski definition) is 2. The molecule has 0 radical (unpaired) electrons. The minimum atomic E-state index is -1.05. The molecule has 0 spiro atoms. The molecule has 2 rings (SSSR count). The number of amides is 1. The molecule has 5 nitrogen and oxygen atoms in total. The highest BCUT2D eigenvalue weighted by Crippen LogP contribution is 2.36. The Kier molecular flexibility index (Phi) is 5.33. The van der Waals surface area contributed by atoms with E-state index in [1.54, 1.807) is 12.1 Å². The van der Waals surface area contributed by atoms with Crippen LogP contribution in [0.15, 0.2) is 24.3 Å². The topological polar surface area (TPSA) is 75.6 Å². The van der Waals surface area contributed by atoms with E-state index >= 15 is 0 Å². The summed E-state index contributed by atoms with van der Waals surface area (Å²) < 4.78 is 4.86. The molecule has 0 heterocycles. The fourth-order valence-electron chi connectivity index (χ4n) is 2.38. The van der Waals surface area contributed by atoms with Crippen LogP contribution in [0.2, 0.25) is 0 Å². The lowest BCUT2D eigenvalue weighted by atomic mass is 9.80. The van der Waals surface area contributed by atoms with Crippen LogP contribution in [0.1, 0.15) is 47.5 Å². The van der Waals surface area contributed by atoms with Crippen LogP contribution in [0.5, 0.6) is 0 Å². The molecular weight excluding hydrogens is 270 g/mol. The van der Waals surface area contributed by atoms with Crippen molar-refractivity contribution in [1.82, 2.24) is 5.32 Å². The SMILES string of the molecule is COCCC(NC(=O)c1ccc(C2CCC2)cc1)C(=O)O. The largest absolute Gasteiger partial charge is 0.480 e. The molecule has 114 valence electrons. The molecule has 5 heteroatoms. The summed E-state index contributed by atoms with van der Waals surface area (Å²) in [6.45, 7) is 0.290. The van der Waals surface area contributed by atoms with Crippen molar-refractivity contribution in [2.24, 2.45) is 0 Å². The Hall–Kier alpha value is -1.88. The molecule has 1 aromatic carbocycles. The van der Waals surface area contributed by atoms with Gasteiger partial charge in [-0.1, -0.05) is 18.6 Å². The van der Waals surface area contributed by atoms with Crippen molar-refractivity contribution in [2.45, 2.75) is 37.6 Å². The Bertz CT molecular complexity index is 494. The predicted octanol–water partition coefficient (Wildman–Crippen LogP) is 2.17. The number of carbonyl (C=O) groups excluding carboxylic acids is 1. The molecule has 0 bridgehead atoms. The molecule has 1 aliphatic rings. The Balaban J connectivity index is 1.96. The zero-order valence-corrected chi connectivity index (χ0v) is 12.2. The molecule has 1 unspecified atom stereocenters. The van der Waals surface area contributed by atoms with Gasteiger partial charge in [-0.15, -0.1) is 0 Å². The van der Waals surface area contributed by atoms with E-state index in [-0.39, 0.29) is 18.9 Å². The first kappa shape index (κ1) is 15.5. The van der Waals surface area contributed by atoms with Gasteiger partial charge in [0, 0.05) is 25.7 Å². The van der Waals surface area contributed by atoms with E-state index in [0.29, 0.717) is 11.5 Å². The van der Waals surface area contributed by atoms with Gasteiger partial charge >= 0.3 is 5.97 Å². The smallest absolute Gasteiger partial charge is 0.326 e. The van der Waals surface area contributed by atoms with E-state index in [0.717, 1.165) is 0 Å². The second-order valence-electron chi connectivity index (χ2n) is 5.40. The summed E-state index contributed by atoms with van der Waals surface area (Å²) in [4.78, 5) is 23.2. The average Bonchev–Trinajstić information content (AvgIpc) is 2.41. The summed E-state index contributed by atoms with van der Waals surface area (Å²) in [5.74, 6) is -0.791. The summed E-state index contributed by atoms with van der Waals surface area (Å²) in [5, 5.41) is 11.6. The number of ether oxygens (including phenoxy) is 1. The standard InChI is InChI=1S/C16H21NO4/c1-21-10-9-14(16(19)20)17-15(18)13-7-5-12(6-8-13)11-3-2-4-11/h5-8,11,14H,2-4,9-10H2,1H3,(H,17,18)(H,19,20). The Morgan fingerprint density at radius 3 is 2.48 bits per heavy atom. The van der Waals surface area contributed by atoms with Crippen LogP contribution in [-0.4, -0.2) is 36.7 Å². The van der Waals surface area contributed by atoms with Gasteiger partial charge in [-0.25, -0.2) is 4.79 Å². The summed E-state index contributed by atoms with van der Waals surface area (Å²) in [7, 11) is 1.50. The second-order valence-corrected chi connectivity index (χ2v) is 5.40. The zero-order valence-electron chi connectivity index (χ0n) is 12.2. The zero-order chi connectivity index (χ0) is 15.2. The van der Waals surface area contributed by atoms with Crippen LogP contribution in [-0.2, 0) is 9.53 Å². The first-order valence-corrected chi connectivity index (χ1v) is 7.24. The minimum Gasteiger partial charge on any atom is -0.480 e. The van der Waals surface area contributed by atoms with Gasteiger partial charge in [-0.05, 0) is 36.5 Å². The van der Waals surface area contributed by atoms with E-state index in [4.69, 9.17) is 9.84 Å². The lowest BCUT2D eigenvalue weighted by molar-refractivity contribution is -0.139. The normalized spacial score (nSPS) is 16.0. The Labute approximate surface area is 124 Å². The quantitative estimate of drug-likeness (QED) is 0.807. The van der Waals surface area contributed by atoms with Gasteiger partial charge in [-0.2, -0.15) is 0 Å². The van der Waals surface area contributed by atoms with E-state index in [1.807, 2.05) is 12.1 Å². The van der Waals surface area contributed by atoms with Gasteiger partial charge in [-0.3, -0.25) is 4.79 Å². The van der Waals surface area contributed by atoms with Crippen molar-refractivity contribution < 1.29 is 19.4 Å². The summed E-state index contributed by atoms with van der Waals surface area (Å²) >= 11 is 0. The highest BCUT2D eigenvalue weighted by atomic mass is 16.5. The number of rotatable bonds is 7. The van der Waals surface area contributed by atoms with Gasteiger partial charge in [0.15, 0.2) is 0 Å². The Morgan fingerprint density at radius 1 is 1.33 bits per heavy atom. The van der Waals surface area contributed by atoms with Crippen molar-refractivity contribution in [2.75, 3.05) is 13.7 Å². The van der Waals surface area contributed by atoms with Gasteiger partial charge < -0.3 is 15.2 Å². The van der Waals surface area contributed by atoms with E-state index in [2.05, 4.69) is 5.32 Å². The van der Waals surface area contributed by atoms with Crippen molar-refractivity contribution >= 4 is 11.9 Å². The maximum Gasteiger partial charge on any atom is 0.326 e. The van der Waals surface area contributed by atoms with Crippen LogP contribution in [0, 0.1) is 0 Å². The van der Waals surface area contributed by atoms with Crippen LogP contribution < -0.4 is 5.32 Å². The average molecular weight is 291 g/mol. The number of nitrogens with one attached hydrogen (secondary N) is 1. The minimum absolute atomic E-state index is 0.248. The summed E-state index contributed by atoms with van der Waals surface area (Å²) in [5.41, 5.74) is 1.74. The van der Waals surface area contributed by atoms with Gasteiger partial charge in [0.25, 0.3) is 5.91 Å². The predicted molar refractivity (Wildman–Crippen MR) is 78.4 cm³/mol. The second kappa shape index (κ2) is 7.22. The maximum absolute atomic E-state index is 12.1. The van der Waals surface area contributed by atoms with Crippen LogP contribution in [0.25, 0.3) is 0 Å². The van der Waals surface area contributed by atoms with Crippen LogP contribution in [0.4, 0.5) is 0 Å². The number of aliphatic carboxylic acids is 1. The van der Waals surface area contributed by atoms with Crippen molar-refractivity contribution in [3.63, 3.8) is 0 Å². The number of carboxylic acids is 1. The van der Waals surface area contributed by atoms with Gasteiger partial charge in [0.1, 0.15) is 6.04 Å². The van der Waals surface area contributed by atoms with E-state index < -0.39 is 12.0 Å². The van der Waals surface area contributed by atoms with Crippen LogP contribution >= 0.6 is 0 Å². The van der Waals surface area contributed by atoms with Gasteiger partial charge in [0.2, 0.25) is 0 Å². The molecule has 0 aromatic heterocycles. The van der Waals surface area contributed by atoms with E-state index in [1.165, 1.54) is 31.9 Å². The van der Waals surface area contributed by atoms with Crippen molar-refractivity contribution in [3.05, 3.63) is 35.4 Å². The Morgan fingerprint density at radius 2 is 2.00 bits per heavy atom. The maximum atomic E-state index is 12.1. The summed E-state index contributed by atoms with van der Waals surface area (Å²) in [6.07, 6.45) is 3.94. The lowest BCUT2D eigenvalue weighted by Crippen LogP contribution is -2.41. The first-order valence-electron chi connectivity index (χ1n) is 7.24. The molecule has 0 aliphatic heterocycles. The molecule has 1 aliphatic carbocycles. The highest BCUT2D eigenvalue weighted by Gasteiger charge is 2.22. The monoisotopic (exact) mass is 291 g/mol. The lowest BCUT2D eigenvalue weighted by Gasteiger charge is -2.25. The van der Waals surface area contributed by atoms with Gasteiger partial charge in [0.05, 0.1) is 0 Å². The molecule has 1 atom stereocenters. The molecule has 1 amide bonds. The van der Waals surface area contributed by atoms with Crippen molar-refractivity contribution in [3.8, 4) is 0 Å². The molecule has 21 heavy (non-hydrogen) atoms. The molecular formula is C16H21NO4. The number of hydrogen-bond acceptors (Lipinski definition) is 3. The van der Waals surface area contributed by atoms with Crippen LogP contribution in [0.3, 0.4) is 0 Å². The fourth-order valence-corrected chi connectivity index (χ4v) is 2.38. The van der Waals surface area contributed by atoms with Crippen molar-refractivity contribution in [1.29, 1.82) is 0 Å². The third kappa shape index (κ3) is 4.04. The number of carbonyl (C=O) groups is 2. The molecule has 1 aromatic rings. The first-order chi connectivity index (χ1) is 10.1. The molecule has 1 fully saturated rings. The number of carboxylic acid groups (broad SMARTS) is 1. The third-order valence-corrected chi connectivity index (χ3v) is 3.96. The third-order valence-electron chi connectivity index (χ3n) is 3.96.